The molecular weight excluding hydrogens is 401 g/mol. The first-order valence-corrected chi connectivity index (χ1v) is 9.24. The van der Waals surface area contributed by atoms with E-state index in [1.54, 1.807) is 4.90 Å². The molecule has 1 N–H and O–H groups in total. The van der Waals surface area contributed by atoms with Crippen molar-refractivity contribution in [1.29, 1.82) is 0 Å². The molecule has 1 saturated carbocycles. The highest BCUT2D eigenvalue weighted by atomic mass is 35.5. The summed E-state index contributed by atoms with van der Waals surface area (Å²) in [6, 6.07) is 3.17. The molecule has 1 aromatic rings. The molecule has 3 fully saturated rings. The molecular formula is C18H18ClF3N2O4. The summed E-state index contributed by atoms with van der Waals surface area (Å²) in [5.41, 5.74) is -0.760. The fourth-order valence-electron chi connectivity index (χ4n) is 3.71. The summed E-state index contributed by atoms with van der Waals surface area (Å²) in [7, 11) is 0. The highest BCUT2D eigenvalue weighted by Crippen LogP contribution is 2.37. The number of nitrogens with zero attached hydrogens (tertiary/aromatic N) is 1. The molecule has 6 nitrogen and oxygen atoms in total. The van der Waals surface area contributed by atoms with Crippen LogP contribution in [0.2, 0.25) is 5.02 Å². The number of nitrogens with one attached hydrogen (secondary N) is 1. The van der Waals surface area contributed by atoms with Gasteiger partial charge in [0.05, 0.1) is 18.3 Å². The topological polar surface area (TPSA) is 67.9 Å². The van der Waals surface area contributed by atoms with E-state index in [1.807, 2.05) is 0 Å². The zero-order chi connectivity index (χ0) is 20.1. The van der Waals surface area contributed by atoms with Crippen molar-refractivity contribution in [3.63, 3.8) is 0 Å². The third-order valence-corrected chi connectivity index (χ3v) is 5.80. The predicted molar refractivity (Wildman–Crippen MR) is 91.5 cm³/mol. The molecule has 0 radical (unpaired) electrons. The lowest BCUT2D eigenvalue weighted by atomic mass is 9.79. The SMILES string of the molecule is O=C1NC2(CO1)CN(C(=O)[C@H]1C[C@H](OCc3ccc(C(F)(F)F)cc3Cl)C1)C2. The third-order valence-electron chi connectivity index (χ3n) is 5.44. The fraction of sp³-hybridized carbons (Fsp3) is 0.556. The highest BCUT2D eigenvalue weighted by molar-refractivity contribution is 6.31. The maximum absolute atomic E-state index is 12.7. The van der Waals surface area contributed by atoms with Gasteiger partial charge in [-0.05, 0) is 30.5 Å². The molecule has 2 heterocycles. The van der Waals surface area contributed by atoms with Crippen LogP contribution >= 0.6 is 11.6 Å². The lowest BCUT2D eigenvalue weighted by Gasteiger charge is -2.48. The van der Waals surface area contributed by atoms with E-state index in [2.05, 4.69) is 5.32 Å². The second-order valence-electron chi connectivity index (χ2n) is 7.58. The van der Waals surface area contributed by atoms with Crippen molar-refractivity contribution in [3.05, 3.63) is 34.3 Å². The number of halogens is 4. The zero-order valence-electron chi connectivity index (χ0n) is 14.7. The summed E-state index contributed by atoms with van der Waals surface area (Å²) >= 11 is 5.92. The zero-order valence-corrected chi connectivity index (χ0v) is 15.5. The van der Waals surface area contributed by atoms with Crippen LogP contribution in [0.1, 0.15) is 24.0 Å². The van der Waals surface area contributed by atoms with Gasteiger partial charge in [-0.3, -0.25) is 4.79 Å². The number of rotatable bonds is 4. The van der Waals surface area contributed by atoms with Gasteiger partial charge in [0.1, 0.15) is 12.1 Å². The Bertz CT molecular complexity index is 805. The van der Waals surface area contributed by atoms with Crippen molar-refractivity contribution in [2.24, 2.45) is 5.92 Å². The molecule has 0 unspecified atom stereocenters. The number of amides is 2. The van der Waals surface area contributed by atoms with E-state index >= 15 is 0 Å². The Hall–Kier alpha value is -2.00. The van der Waals surface area contributed by atoms with Crippen LogP contribution in [0.25, 0.3) is 0 Å². The largest absolute Gasteiger partial charge is 0.447 e. The Labute approximate surface area is 163 Å². The molecule has 4 rings (SSSR count). The van der Waals surface area contributed by atoms with E-state index in [-0.39, 0.29) is 36.2 Å². The van der Waals surface area contributed by atoms with Gasteiger partial charge in [-0.1, -0.05) is 17.7 Å². The number of likely N-dealkylation sites (tertiary alicyclic amines) is 1. The average molecular weight is 419 g/mol. The van der Waals surface area contributed by atoms with Gasteiger partial charge in [0.2, 0.25) is 5.91 Å². The van der Waals surface area contributed by atoms with Crippen molar-refractivity contribution in [2.75, 3.05) is 19.7 Å². The Morgan fingerprint density at radius 1 is 1.36 bits per heavy atom. The van der Waals surface area contributed by atoms with Crippen LogP contribution in [-0.4, -0.2) is 48.2 Å². The van der Waals surface area contributed by atoms with Crippen molar-refractivity contribution in [3.8, 4) is 0 Å². The molecule has 2 aliphatic heterocycles. The summed E-state index contributed by atoms with van der Waals surface area (Å²) in [5.74, 6) is -0.109. The first-order chi connectivity index (χ1) is 13.2. The van der Waals surface area contributed by atoms with Gasteiger partial charge in [-0.25, -0.2) is 4.79 Å². The summed E-state index contributed by atoms with van der Waals surface area (Å²) in [6.45, 7) is 1.26. The van der Waals surface area contributed by atoms with Crippen LogP contribution in [0.15, 0.2) is 18.2 Å². The molecule has 152 valence electrons. The van der Waals surface area contributed by atoms with E-state index in [1.165, 1.54) is 6.07 Å². The Kier molecular flexibility index (Phi) is 4.70. The van der Waals surface area contributed by atoms with Crippen LogP contribution in [0.3, 0.4) is 0 Å². The van der Waals surface area contributed by atoms with Crippen LogP contribution in [0, 0.1) is 5.92 Å². The number of benzene rings is 1. The number of hydrogen-bond donors (Lipinski definition) is 1. The number of cyclic esters (lactones) is 1. The van der Waals surface area contributed by atoms with Crippen molar-refractivity contribution in [1.82, 2.24) is 10.2 Å². The van der Waals surface area contributed by atoms with Gasteiger partial charge >= 0.3 is 12.3 Å². The second kappa shape index (κ2) is 6.81. The normalized spacial score (nSPS) is 25.7. The molecule has 2 saturated heterocycles. The summed E-state index contributed by atoms with van der Waals surface area (Å²) in [5, 5.41) is 2.74. The van der Waals surface area contributed by atoms with Crippen LogP contribution < -0.4 is 5.32 Å². The minimum absolute atomic E-state index is 0.00785. The third kappa shape index (κ3) is 3.65. The average Bonchev–Trinajstić information content (AvgIpc) is 2.94. The highest BCUT2D eigenvalue weighted by Gasteiger charge is 2.53. The molecule has 2 amide bonds. The number of carbonyl (C=O) groups excluding carboxylic acids is 2. The van der Waals surface area contributed by atoms with Crippen LogP contribution in [0.5, 0.6) is 0 Å². The van der Waals surface area contributed by atoms with Crippen molar-refractivity contribution in [2.45, 2.75) is 37.3 Å². The molecule has 1 spiro atoms. The standard InChI is InChI=1S/C18H18ClF3N2O4/c19-14-5-12(18(20,21)22)2-1-10(14)6-27-13-3-11(4-13)15(25)24-7-17(8-24)9-28-16(26)23-17/h1-2,5,11,13H,3-4,6-9H2,(H,23,26)/t11-,13-. The first-order valence-electron chi connectivity index (χ1n) is 8.86. The summed E-state index contributed by atoms with van der Waals surface area (Å²) in [4.78, 5) is 25.3. The lowest BCUT2D eigenvalue weighted by Crippen LogP contribution is -2.71. The first kappa shape index (κ1) is 19.3. The Morgan fingerprint density at radius 2 is 2.07 bits per heavy atom. The molecule has 1 aromatic carbocycles. The van der Waals surface area contributed by atoms with Gasteiger partial charge in [-0.2, -0.15) is 13.2 Å². The molecule has 28 heavy (non-hydrogen) atoms. The fourth-order valence-corrected chi connectivity index (χ4v) is 3.95. The van der Waals surface area contributed by atoms with E-state index in [9.17, 15) is 22.8 Å². The van der Waals surface area contributed by atoms with E-state index < -0.39 is 23.4 Å². The number of alkyl carbamates (subject to hydrolysis) is 1. The molecule has 0 atom stereocenters. The van der Waals surface area contributed by atoms with E-state index in [0.29, 0.717) is 31.5 Å². The maximum atomic E-state index is 12.7. The van der Waals surface area contributed by atoms with Gasteiger partial charge in [0.25, 0.3) is 0 Å². The summed E-state index contributed by atoms with van der Waals surface area (Å²) < 4.78 is 48.5. The molecule has 1 aliphatic carbocycles. The van der Waals surface area contributed by atoms with Crippen LogP contribution in [0.4, 0.5) is 18.0 Å². The number of ether oxygens (including phenoxy) is 2. The minimum atomic E-state index is -4.44. The smallest absolute Gasteiger partial charge is 0.416 e. The molecule has 0 bridgehead atoms. The summed E-state index contributed by atoms with van der Waals surface area (Å²) in [6.07, 6.45) is -3.90. The monoisotopic (exact) mass is 418 g/mol. The van der Waals surface area contributed by atoms with E-state index in [4.69, 9.17) is 21.1 Å². The number of carbonyl (C=O) groups is 2. The lowest BCUT2D eigenvalue weighted by molar-refractivity contribution is -0.153. The molecule has 10 heteroatoms. The number of hydrogen-bond acceptors (Lipinski definition) is 4. The van der Waals surface area contributed by atoms with Gasteiger partial charge < -0.3 is 19.7 Å². The maximum Gasteiger partial charge on any atom is 0.416 e. The van der Waals surface area contributed by atoms with Crippen molar-refractivity contribution >= 4 is 23.6 Å². The molecule has 0 aromatic heterocycles. The van der Waals surface area contributed by atoms with Gasteiger partial charge in [-0.15, -0.1) is 0 Å². The van der Waals surface area contributed by atoms with Crippen LogP contribution in [-0.2, 0) is 27.1 Å². The second-order valence-corrected chi connectivity index (χ2v) is 7.99. The Balaban J connectivity index is 1.21. The minimum Gasteiger partial charge on any atom is -0.447 e. The van der Waals surface area contributed by atoms with Gasteiger partial charge in [0, 0.05) is 24.0 Å². The van der Waals surface area contributed by atoms with Gasteiger partial charge in [0.15, 0.2) is 0 Å². The number of alkyl halides is 3. The predicted octanol–water partition coefficient (Wildman–Crippen LogP) is 2.97. The van der Waals surface area contributed by atoms with Crippen molar-refractivity contribution < 1.29 is 32.2 Å². The Morgan fingerprint density at radius 3 is 2.64 bits per heavy atom. The van der Waals surface area contributed by atoms with E-state index in [0.717, 1.165) is 12.1 Å². The molecule has 3 aliphatic rings. The quantitative estimate of drug-likeness (QED) is 0.816.